The van der Waals surface area contributed by atoms with Crippen molar-refractivity contribution in [3.05, 3.63) is 57.4 Å². The number of H-pyrrole nitrogens is 2. The van der Waals surface area contributed by atoms with Crippen molar-refractivity contribution in [1.29, 1.82) is 0 Å². The van der Waals surface area contributed by atoms with Gasteiger partial charge in [0.15, 0.2) is 0 Å². The van der Waals surface area contributed by atoms with E-state index in [9.17, 15) is 4.79 Å². The molecule has 5 aromatic heterocycles. The third-order valence-corrected chi connectivity index (χ3v) is 5.42. The van der Waals surface area contributed by atoms with E-state index < -0.39 is 0 Å². The molecule has 5 rings (SSSR count). The summed E-state index contributed by atoms with van der Waals surface area (Å²) in [7, 11) is 1.89. The first-order chi connectivity index (χ1) is 14.4. The van der Waals surface area contributed by atoms with E-state index in [1.807, 2.05) is 27.0 Å². The van der Waals surface area contributed by atoms with Crippen molar-refractivity contribution < 1.29 is 0 Å². The van der Waals surface area contributed by atoms with Crippen molar-refractivity contribution in [2.45, 2.75) is 20.3 Å². The van der Waals surface area contributed by atoms with Gasteiger partial charge in [-0.3, -0.25) is 14.5 Å². The number of halogens is 1. The SMILES string of the molecule is CCc1nc(Cl)cc2[nH]c(-c3cc4c(-c5cc(C)n(C)n5)nccc4[nH]c3=O)nc12. The van der Waals surface area contributed by atoms with E-state index in [1.54, 1.807) is 29.1 Å². The molecule has 0 bridgehead atoms. The average molecular weight is 420 g/mol. The molecule has 0 unspecified atom stereocenters. The molecule has 5 aromatic rings. The van der Waals surface area contributed by atoms with Crippen molar-refractivity contribution in [3.8, 4) is 22.8 Å². The lowest BCUT2D eigenvalue weighted by atomic mass is 10.1. The summed E-state index contributed by atoms with van der Waals surface area (Å²) < 4.78 is 1.80. The summed E-state index contributed by atoms with van der Waals surface area (Å²) in [5.74, 6) is 0.457. The van der Waals surface area contributed by atoms with Crippen LogP contribution in [0.4, 0.5) is 0 Å². The molecular formula is C21H18ClN7O. The molecule has 0 saturated heterocycles. The lowest BCUT2D eigenvalue weighted by molar-refractivity contribution is 0.742. The second-order valence-corrected chi connectivity index (χ2v) is 7.54. The minimum atomic E-state index is -0.243. The maximum atomic E-state index is 12.8. The number of hydrogen-bond acceptors (Lipinski definition) is 5. The molecule has 0 fully saturated rings. The molecule has 9 heteroatoms. The van der Waals surface area contributed by atoms with Crippen LogP contribution in [0.3, 0.4) is 0 Å². The van der Waals surface area contributed by atoms with E-state index >= 15 is 0 Å². The van der Waals surface area contributed by atoms with Gasteiger partial charge in [0, 0.05) is 30.4 Å². The monoisotopic (exact) mass is 419 g/mol. The fraction of sp³-hybridized carbons (Fsp3) is 0.190. The fourth-order valence-corrected chi connectivity index (χ4v) is 3.81. The highest BCUT2D eigenvalue weighted by atomic mass is 35.5. The van der Waals surface area contributed by atoms with Gasteiger partial charge in [-0.1, -0.05) is 18.5 Å². The van der Waals surface area contributed by atoms with Gasteiger partial charge in [-0.15, -0.1) is 0 Å². The first-order valence-electron chi connectivity index (χ1n) is 9.53. The van der Waals surface area contributed by atoms with Crippen molar-refractivity contribution in [2.75, 3.05) is 0 Å². The Morgan fingerprint density at radius 2 is 1.97 bits per heavy atom. The number of aromatic amines is 2. The summed E-state index contributed by atoms with van der Waals surface area (Å²) in [4.78, 5) is 32.5. The number of rotatable bonds is 3. The first-order valence-corrected chi connectivity index (χ1v) is 9.91. The topological polar surface area (TPSA) is 105 Å². The number of imidazole rings is 1. The fourth-order valence-electron chi connectivity index (χ4n) is 3.60. The van der Waals surface area contributed by atoms with Crippen LogP contribution >= 0.6 is 11.6 Å². The van der Waals surface area contributed by atoms with E-state index in [1.165, 1.54) is 0 Å². The number of hydrogen-bond donors (Lipinski definition) is 2. The van der Waals surface area contributed by atoms with Crippen molar-refractivity contribution in [3.63, 3.8) is 0 Å². The van der Waals surface area contributed by atoms with Gasteiger partial charge in [0.1, 0.15) is 22.2 Å². The van der Waals surface area contributed by atoms with E-state index in [2.05, 4.69) is 30.0 Å². The van der Waals surface area contributed by atoms with Crippen LogP contribution in [0.5, 0.6) is 0 Å². The maximum Gasteiger partial charge on any atom is 0.259 e. The Morgan fingerprint density at radius 3 is 2.70 bits per heavy atom. The smallest absolute Gasteiger partial charge is 0.259 e. The molecule has 0 atom stereocenters. The highest BCUT2D eigenvalue weighted by molar-refractivity contribution is 6.30. The van der Waals surface area contributed by atoms with Gasteiger partial charge in [0.2, 0.25) is 0 Å². The molecule has 0 spiro atoms. The second-order valence-electron chi connectivity index (χ2n) is 7.15. The standard InChI is InChI=1S/C21H18ClN7O/c1-4-13-19-15(9-17(22)24-13)25-20(27-19)12-8-11-14(26-21(12)30)5-6-23-18(11)16-7-10(2)29(3)28-16/h5-9H,4H2,1-3H3,(H,25,27)(H,26,30). The summed E-state index contributed by atoms with van der Waals surface area (Å²) in [6.07, 6.45) is 2.35. The third kappa shape index (κ3) is 2.88. The molecule has 0 radical (unpaired) electrons. The lowest BCUT2D eigenvalue weighted by Crippen LogP contribution is -2.10. The van der Waals surface area contributed by atoms with Crippen LogP contribution in [0.2, 0.25) is 5.15 Å². The van der Waals surface area contributed by atoms with Crippen LogP contribution < -0.4 is 5.56 Å². The molecule has 8 nitrogen and oxygen atoms in total. The molecule has 0 aromatic carbocycles. The van der Waals surface area contributed by atoms with Crippen LogP contribution in [0.25, 0.3) is 44.7 Å². The molecule has 30 heavy (non-hydrogen) atoms. The Bertz CT molecular complexity index is 1480. The Labute approximate surface area is 176 Å². The Balaban J connectivity index is 1.76. The van der Waals surface area contributed by atoms with Crippen LogP contribution in [0.15, 0.2) is 35.3 Å². The molecule has 0 aliphatic rings. The Hall–Kier alpha value is -3.52. The summed E-state index contributed by atoms with van der Waals surface area (Å²) in [6.45, 7) is 3.97. The van der Waals surface area contributed by atoms with E-state index in [-0.39, 0.29) is 5.56 Å². The largest absolute Gasteiger partial charge is 0.338 e. The van der Waals surface area contributed by atoms with Crippen LogP contribution in [-0.2, 0) is 13.5 Å². The van der Waals surface area contributed by atoms with Crippen LogP contribution in [0.1, 0.15) is 18.3 Å². The van der Waals surface area contributed by atoms with Crippen molar-refractivity contribution >= 4 is 33.5 Å². The molecule has 5 heterocycles. The third-order valence-electron chi connectivity index (χ3n) is 5.23. The molecule has 2 N–H and O–H groups in total. The van der Waals surface area contributed by atoms with E-state index in [4.69, 9.17) is 11.6 Å². The summed E-state index contributed by atoms with van der Waals surface area (Å²) in [5, 5.41) is 5.72. The van der Waals surface area contributed by atoms with Crippen LogP contribution in [-0.4, -0.2) is 34.7 Å². The normalized spacial score (nSPS) is 11.6. The molecule has 150 valence electrons. The zero-order chi connectivity index (χ0) is 21.0. The molecular weight excluding hydrogens is 402 g/mol. The number of fused-ring (bicyclic) bond motifs is 2. The number of nitrogens with one attached hydrogen (secondary N) is 2. The zero-order valence-electron chi connectivity index (χ0n) is 16.6. The Kier molecular flexibility index (Phi) is 4.18. The zero-order valence-corrected chi connectivity index (χ0v) is 17.4. The average Bonchev–Trinajstić information content (AvgIpc) is 3.29. The van der Waals surface area contributed by atoms with E-state index in [0.29, 0.717) is 39.7 Å². The quantitative estimate of drug-likeness (QED) is 0.433. The van der Waals surface area contributed by atoms with Gasteiger partial charge < -0.3 is 9.97 Å². The Morgan fingerprint density at radius 1 is 1.13 bits per heavy atom. The lowest BCUT2D eigenvalue weighted by Gasteiger charge is -2.05. The van der Waals surface area contributed by atoms with Gasteiger partial charge in [0.05, 0.1) is 28.0 Å². The van der Waals surface area contributed by atoms with Crippen molar-refractivity contribution in [1.82, 2.24) is 34.7 Å². The highest BCUT2D eigenvalue weighted by Gasteiger charge is 2.17. The second kappa shape index (κ2) is 6.77. The minimum absolute atomic E-state index is 0.243. The summed E-state index contributed by atoms with van der Waals surface area (Å²) in [6, 6.07) is 7.26. The maximum absolute atomic E-state index is 12.8. The molecule has 0 saturated carbocycles. The minimum Gasteiger partial charge on any atom is -0.338 e. The molecule has 0 aliphatic carbocycles. The number of aromatic nitrogens is 7. The summed E-state index contributed by atoms with van der Waals surface area (Å²) >= 11 is 6.13. The van der Waals surface area contributed by atoms with Gasteiger partial charge in [0.25, 0.3) is 5.56 Å². The van der Waals surface area contributed by atoms with Gasteiger partial charge in [-0.25, -0.2) is 9.97 Å². The van der Waals surface area contributed by atoms with Gasteiger partial charge >= 0.3 is 0 Å². The van der Waals surface area contributed by atoms with Gasteiger partial charge in [-0.2, -0.15) is 5.10 Å². The number of pyridine rings is 3. The first kappa shape index (κ1) is 18.5. The van der Waals surface area contributed by atoms with Crippen LogP contribution in [0, 0.1) is 6.92 Å². The molecule has 0 aliphatic heterocycles. The van der Waals surface area contributed by atoms with Gasteiger partial charge in [-0.05, 0) is 31.5 Å². The number of nitrogens with zero attached hydrogens (tertiary/aromatic N) is 5. The molecule has 0 amide bonds. The number of aryl methyl sites for hydroxylation is 3. The summed E-state index contributed by atoms with van der Waals surface area (Å²) in [5.41, 5.74) is 5.55. The van der Waals surface area contributed by atoms with Crippen molar-refractivity contribution in [2.24, 2.45) is 7.05 Å². The highest BCUT2D eigenvalue weighted by Crippen LogP contribution is 2.28. The predicted octanol–water partition coefficient (Wildman–Crippen LogP) is 3.79. The predicted molar refractivity (Wildman–Crippen MR) is 117 cm³/mol. The van der Waals surface area contributed by atoms with E-state index in [0.717, 1.165) is 28.0 Å².